The molecular formula is C50H72N2O8. The summed E-state index contributed by atoms with van der Waals surface area (Å²) in [6, 6.07) is 8.76. The Morgan fingerprint density at radius 1 is 1.12 bits per heavy atom. The molecule has 1 aliphatic heterocycles. The van der Waals surface area contributed by atoms with E-state index in [4.69, 9.17) is 9.47 Å². The molecule has 1 heterocycles. The fourth-order valence-corrected chi connectivity index (χ4v) is 12.1. The summed E-state index contributed by atoms with van der Waals surface area (Å²) in [6.45, 7) is 9.36. The quantitative estimate of drug-likeness (QED) is 0.0365. The lowest BCUT2D eigenvalue weighted by atomic mass is 9.45. The van der Waals surface area contributed by atoms with Crippen LogP contribution in [0.4, 0.5) is 0 Å². The van der Waals surface area contributed by atoms with Crippen LogP contribution in [-0.4, -0.2) is 103 Å². The van der Waals surface area contributed by atoms with Crippen LogP contribution in [0.3, 0.4) is 0 Å². The van der Waals surface area contributed by atoms with Gasteiger partial charge in [0, 0.05) is 43.1 Å². The van der Waals surface area contributed by atoms with Gasteiger partial charge in [0.2, 0.25) is 0 Å². The molecule has 0 radical (unpaired) electrons. The van der Waals surface area contributed by atoms with Crippen LogP contribution in [0.1, 0.15) is 82.8 Å². The second-order valence-corrected chi connectivity index (χ2v) is 18.7. The summed E-state index contributed by atoms with van der Waals surface area (Å²) in [6.07, 6.45) is 19.2. The van der Waals surface area contributed by atoms with E-state index in [9.17, 15) is 30.3 Å². The lowest BCUT2D eigenvalue weighted by molar-refractivity contribution is -0.194. The maximum atomic E-state index is 12.9. The van der Waals surface area contributed by atoms with Gasteiger partial charge < -0.3 is 40.3 Å². The molecule has 11 atom stereocenters. The third-order valence-corrected chi connectivity index (χ3v) is 15.0. The standard InChI is InChI=1S/C50H72N2O8/c1-33(43-26-35-10-7-11-36(25-35)28-48(3,21-24-59-5)52-47(57)39-13-8-12-38(43)27-39)9-6-14-41(31-60-32-55)42-17-19-50(46(42)56)45-37(18-23-53)15-16-40(44(45)34(2)30-54)29-49(50,58)20-22-51-4/h6-7,9-11,14-16,25,27,30,37-38,40,42-43,45-47,51-53,55-58H,1,8,12-13,17-24,26,28-29,31-32H2,2-5H3/t37-,38-,40+,42-,43-,45-,46+,47-,48+,49+,50+/m0/s1. The molecule has 5 aliphatic rings. The van der Waals surface area contributed by atoms with Gasteiger partial charge in [0.15, 0.2) is 0 Å². The zero-order valence-electron chi connectivity index (χ0n) is 36.5. The van der Waals surface area contributed by atoms with Gasteiger partial charge in [-0.25, -0.2) is 0 Å². The van der Waals surface area contributed by atoms with Crippen LogP contribution in [0.2, 0.25) is 0 Å². The molecule has 0 aromatic heterocycles. The summed E-state index contributed by atoms with van der Waals surface area (Å²) >= 11 is 0. The van der Waals surface area contributed by atoms with Crippen LogP contribution >= 0.6 is 0 Å². The molecule has 1 spiro atoms. The first-order valence-corrected chi connectivity index (χ1v) is 22.3. The second kappa shape index (κ2) is 20.4. The maximum Gasteiger partial charge on any atom is 0.145 e. The molecule has 2 saturated carbocycles. The van der Waals surface area contributed by atoms with Gasteiger partial charge in [0.05, 0.1) is 18.3 Å². The van der Waals surface area contributed by atoms with Gasteiger partial charge in [-0.05, 0) is 150 Å². The summed E-state index contributed by atoms with van der Waals surface area (Å²) in [7, 11) is 3.58. The van der Waals surface area contributed by atoms with Gasteiger partial charge in [-0.2, -0.15) is 0 Å². The van der Waals surface area contributed by atoms with Crippen LogP contribution in [0.25, 0.3) is 0 Å². The van der Waals surface area contributed by atoms with Gasteiger partial charge in [-0.15, -0.1) is 0 Å². The van der Waals surface area contributed by atoms with Crippen molar-refractivity contribution in [1.29, 1.82) is 0 Å². The van der Waals surface area contributed by atoms with E-state index in [2.05, 4.69) is 72.7 Å². The zero-order valence-corrected chi connectivity index (χ0v) is 36.5. The number of aliphatic hydroxyl groups is 5. The molecule has 330 valence electrons. The molecule has 0 amide bonds. The number of nitrogens with one attached hydrogen (secondary N) is 2. The Bertz CT molecular complexity index is 1820. The van der Waals surface area contributed by atoms with Crippen LogP contribution in [0.5, 0.6) is 0 Å². The molecule has 1 aromatic rings. The number of methoxy groups -OCH3 is 1. The number of aldehydes is 1. The summed E-state index contributed by atoms with van der Waals surface area (Å²) in [5.74, 6) is -0.764. The Balaban J connectivity index is 1.33. The monoisotopic (exact) mass is 829 g/mol. The number of aliphatic hydroxyl groups excluding tert-OH is 4. The number of hydrogen-bond acceptors (Lipinski definition) is 10. The highest BCUT2D eigenvalue weighted by molar-refractivity contribution is 5.74. The largest absolute Gasteiger partial charge is 0.396 e. The molecule has 1 aromatic carbocycles. The average molecular weight is 829 g/mol. The van der Waals surface area contributed by atoms with Crippen molar-refractivity contribution < 1.29 is 39.8 Å². The van der Waals surface area contributed by atoms with Gasteiger partial charge in [-0.3, -0.25) is 10.1 Å². The first-order valence-electron chi connectivity index (χ1n) is 22.3. The minimum Gasteiger partial charge on any atom is -0.396 e. The van der Waals surface area contributed by atoms with Crippen LogP contribution in [0.15, 0.2) is 95.2 Å². The van der Waals surface area contributed by atoms with E-state index in [-0.39, 0.29) is 54.3 Å². The van der Waals surface area contributed by atoms with Crippen molar-refractivity contribution in [2.75, 3.05) is 47.3 Å². The number of allylic oxidation sites excluding steroid dienone is 9. The molecule has 0 saturated heterocycles. The highest BCUT2D eigenvalue weighted by Gasteiger charge is 2.68. The highest BCUT2D eigenvalue weighted by atomic mass is 16.6. The molecular weight excluding hydrogens is 757 g/mol. The Hall–Kier alpha value is -3.03. The number of benzene rings is 1. The van der Waals surface area contributed by atoms with Gasteiger partial charge >= 0.3 is 0 Å². The Morgan fingerprint density at radius 2 is 1.92 bits per heavy atom. The SMILES string of the molecule is C=C(C=CC=C(COCO)[C@@H]1CC[C@]2([C@@H]1O)[C@@H]1C(=C(C)C=O)[C@H](C=C[C@H]1CCO)C[C@]2(O)CCNC)[C@@H]1Cc2cccc(c2)C[C@@](C)(CCOC)N[C@@H](O)C2=C[C@@H]1CCC2. The minimum atomic E-state index is -1.25. The van der Waals surface area contributed by atoms with Crippen molar-refractivity contribution in [1.82, 2.24) is 10.6 Å². The molecule has 10 heteroatoms. The summed E-state index contributed by atoms with van der Waals surface area (Å²) < 4.78 is 11.1. The van der Waals surface area contributed by atoms with Crippen LogP contribution in [-0.2, 0) is 27.1 Å². The Labute approximate surface area is 358 Å². The molecule has 7 N–H and O–H groups in total. The first kappa shape index (κ1) is 46.5. The number of carbonyl (C=O) groups is 1. The topological polar surface area (TPSA) is 161 Å². The summed E-state index contributed by atoms with van der Waals surface area (Å²) in [5, 5.41) is 64.2. The molecule has 60 heavy (non-hydrogen) atoms. The number of hydrogen-bond donors (Lipinski definition) is 7. The van der Waals surface area contributed by atoms with E-state index in [0.717, 1.165) is 67.1 Å². The zero-order chi connectivity index (χ0) is 43.1. The fraction of sp³-hybridized carbons (Fsp3) is 0.620. The fourth-order valence-electron chi connectivity index (χ4n) is 12.1. The lowest BCUT2D eigenvalue weighted by Gasteiger charge is -2.61. The van der Waals surface area contributed by atoms with Crippen LogP contribution < -0.4 is 10.6 Å². The maximum absolute atomic E-state index is 12.9. The predicted octanol–water partition coefficient (Wildman–Crippen LogP) is 5.65. The van der Waals surface area contributed by atoms with Crippen molar-refractivity contribution in [2.24, 2.45) is 40.9 Å². The number of ether oxygens (including phenoxy) is 2. The van der Waals surface area contributed by atoms with Crippen molar-refractivity contribution in [3.8, 4) is 0 Å². The predicted molar refractivity (Wildman–Crippen MR) is 236 cm³/mol. The molecule has 10 nitrogen and oxygen atoms in total. The highest BCUT2D eigenvalue weighted by Crippen LogP contribution is 2.67. The van der Waals surface area contributed by atoms with E-state index in [1.807, 2.05) is 26.1 Å². The van der Waals surface area contributed by atoms with Gasteiger partial charge in [0.25, 0.3) is 0 Å². The van der Waals surface area contributed by atoms with Crippen molar-refractivity contribution in [3.63, 3.8) is 0 Å². The first-order chi connectivity index (χ1) is 28.9. The van der Waals surface area contributed by atoms with E-state index in [0.29, 0.717) is 50.8 Å². The third kappa shape index (κ3) is 9.63. The summed E-state index contributed by atoms with van der Waals surface area (Å²) in [4.78, 5) is 12.4. The minimum absolute atomic E-state index is 0.0471. The normalized spacial score (nSPS) is 36.5. The second-order valence-electron chi connectivity index (χ2n) is 18.7. The molecule has 0 unspecified atom stereocenters. The number of rotatable bonds is 16. The van der Waals surface area contributed by atoms with Crippen molar-refractivity contribution in [3.05, 3.63) is 106 Å². The Morgan fingerprint density at radius 3 is 2.65 bits per heavy atom. The number of carbonyl (C=O) groups excluding carboxylic acids is 1. The molecule has 4 aliphatic carbocycles. The molecule has 6 bridgehead atoms. The Kier molecular flexibility index (Phi) is 15.8. The smallest absolute Gasteiger partial charge is 0.145 e. The van der Waals surface area contributed by atoms with Gasteiger partial charge in [0.1, 0.15) is 19.3 Å². The van der Waals surface area contributed by atoms with Crippen molar-refractivity contribution >= 4 is 6.29 Å². The third-order valence-electron chi connectivity index (χ3n) is 15.0. The average Bonchev–Trinajstić information content (AvgIpc) is 3.59. The van der Waals surface area contributed by atoms with Gasteiger partial charge in [-0.1, -0.05) is 78.4 Å². The molecule has 6 rings (SSSR count). The van der Waals surface area contributed by atoms with E-state index in [1.165, 1.54) is 11.1 Å². The van der Waals surface area contributed by atoms with E-state index < -0.39 is 30.1 Å². The summed E-state index contributed by atoms with van der Waals surface area (Å²) in [5.41, 5.74) is 4.26. The number of fused-ring (bicyclic) bond motifs is 6. The molecule has 2 fully saturated rings. The van der Waals surface area contributed by atoms with Crippen LogP contribution in [0, 0.1) is 40.9 Å². The van der Waals surface area contributed by atoms with Crippen molar-refractivity contribution in [2.45, 2.75) is 108 Å². The van der Waals surface area contributed by atoms with E-state index >= 15 is 0 Å². The lowest BCUT2D eigenvalue weighted by Crippen LogP contribution is -2.65. The van der Waals surface area contributed by atoms with E-state index in [1.54, 1.807) is 7.11 Å².